The minimum Gasteiger partial charge on any atom is -0.377 e. The van der Waals surface area contributed by atoms with Crippen LogP contribution in [0, 0.1) is 2.88 Å². The summed E-state index contributed by atoms with van der Waals surface area (Å²) in [6.45, 7) is 0. The molecule has 1 atom stereocenters. The third-order valence-corrected chi connectivity index (χ3v) is 5.35. The van der Waals surface area contributed by atoms with Gasteiger partial charge in [0.25, 0.3) is 0 Å². The molecule has 0 saturated heterocycles. The van der Waals surface area contributed by atoms with E-state index in [-0.39, 0.29) is 0 Å². The molecule has 1 N–H and O–H groups in total. The van der Waals surface area contributed by atoms with Gasteiger partial charge in [-0.1, -0.05) is 11.6 Å². The zero-order chi connectivity index (χ0) is 12.5. The molecule has 2 heterocycles. The normalized spacial score (nSPS) is 18.4. The molecule has 0 amide bonds. The maximum atomic E-state index is 5.80. The first-order chi connectivity index (χ1) is 8.72. The number of nitrogens with one attached hydrogen (secondary N) is 1. The van der Waals surface area contributed by atoms with Crippen LogP contribution < -0.4 is 5.32 Å². The van der Waals surface area contributed by atoms with Crippen molar-refractivity contribution < 1.29 is 0 Å². The summed E-state index contributed by atoms with van der Waals surface area (Å²) in [6, 6.07) is 6.53. The number of anilines is 1. The highest BCUT2D eigenvalue weighted by molar-refractivity contribution is 14.1. The highest BCUT2D eigenvalue weighted by Crippen LogP contribution is 2.37. The fourth-order valence-corrected chi connectivity index (χ4v) is 4.57. The molecule has 0 aliphatic heterocycles. The summed E-state index contributed by atoms with van der Waals surface area (Å²) >= 11 is 10.1. The summed E-state index contributed by atoms with van der Waals surface area (Å²) in [6.07, 6.45) is 5.46. The standard InChI is InChI=1S/C13H12ClIN2S/c14-12-5-4-8(7-16-12)17-10-2-1-3-11-9(10)6-13(15)18-11/h4-7,10,17H,1-3H2. The van der Waals surface area contributed by atoms with Gasteiger partial charge in [-0.25, -0.2) is 4.98 Å². The predicted molar refractivity (Wildman–Crippen MR) is 85.6 cm³/mol. The lowest BCUT2D eigenvalue weighted by Gasteiger charge is -2.24. The second-order valence-electron chi connectivity index (χ2n) is 4.39. The third kappa shape index (κ3) is 2.65. The summed E-state index contributed by atoms with van der Waals surface area (Å²) < 4.78 is 1.38. The number of fused-ring (bicyclic) bond motifs is 1. The van der Waals surface area contributed by atoms with Crippen molar-refractivity contribution >= 4 is 51.2 Å². The topological polar surface area (TPSA) is 24.9 Å². The Morgan fingerprint density at radius 2 is 2.33 bits per heavy atom. The summed E-state index contributed by atoms with van der Waals surface area (Å²) in [5.41, 5.74) is 2.50. The Bertz CT molecular complexity index is 553. The van der Waals surface area contributed by atoms with Crippen molar-refractivity contribution in [3.05, 3.63) is 42.9 Å². The van der Waals surface area contributed by atoms with Crippen molar-refractivity contribution in [1.82, 2.24) is 4.98 Å². The van der Waals surface area contributed by atoms with Gasteiger partial charge in [-0.2, -0.15) is 0 Å². The lowest BCUT2D eigenvalue weighted by Crippen LogP contribution is -2.15. The van der Waals surface area contributed by atoms with Gasteiger partial charge in [0.1, 0.15) is 5.15 Å². The molecule has 0 saturated carbocycles. The van der Waals surface area contributed by atoms with Gasteiger partial charge in [0.15, 0.2) is 0 Å². The van der Waals surface area contributed by atoms with Gasteiger partial charge < -0.3 is 5.32 Å². The average molecular weight is 391 g/mol. The monoisotopic (exact) mass is 390 g/mol. The van der Waals surface area contributed by atoms with Crippen molar-refractivity contribution in [3.63, 3.8) is 0 Å². The number of pyridine rings is 1. The highest BCUT2D eigenvalue weighted by atomic mass is 127. The van der Waals surface area contributed by atoms with E-state index in [4.69, 9.17) is 11.6 Å². The van der Waals surface area contributed by atoms with E-state index in [1.165, 1.54) is 32.6 Å². The van der Waals surface area contributed by atoms with E-state index >= 15 is 0 Å². The Morgan fingerprint density at radius 3 is 3.11 bits per heavy atom. The fraction of sp³-hybridized carbons (Fsp3) is 0.308. The largest absolute Gasteiger partial charge is 0.377 e. The first kappa shape index (κ1) is 12.7. The summed E-state index contributed by atoms with van der Waals surface area (Å²) in [5.74, 6) is 0. The molecule has 1 unspecified atom stereocenters. The van der Waals surface area contributed by atoms with Gasteiger partial charge in [0.05, 0.1) is 20.8 Å². The van der Waals surface area contributed by atoms with Crippen molar-refractivity contribution in [1.29, 1.82) is 0 Å². The van der Waals surface area contributed by atoms with E-state index in [1.54, 1.807) is 6.20 Å². The number of nitrogens with zero attached hydrogens (tertiary/aromatic N) is 1. The van der Waals surface area contributed by atoms with Crippen LogP contribution in [0.15, 0.2) is 24.4 Å². The molecular formula is C13H12ClIN2S. The number of hydrogen-bond donors (Lipinski definition) is 1. The van der Waals surface area contributed by atoms with Crippen LogP contribution >= 0.6 is 45.5 Å². The number of hydrogen-bond acceptors (Lipinski definition) is 3. The van der Waals surface area contributed by atoms with Crippen LogP contribution in [0.2, 0.25) is 5.15 Å². The molecule has 0 fully saturated rings. The van der Waals surface area contributed by atoms with Gasteiger partial charge in [0, 0.05) is 4.88 Å². The molecule has 1 aliphatic carbocycles. The fourth-order valence-electron chi connectivity index (χ4n) is 2.33. The van der Waals surface area contributed by atoms with Crippen LogP contribution in [0.25, 0.3) is 0 Å². The molecule has 2 aromatic heterocycles. The number of rotatable bonds is 2. The smallest absolute Gasteiger partial charge is 0.129 e. The van der Waals surface area contributed by atoms with E-state index in [0.717, 1.165) is 5.69 Å². The van der Waals surface area contributed by atoms with Crippen LogP contribution in [0.4, 0.5) is 5.69 Å². The Hall–Kier alpha value is -0.330. The minimum absolute atomic E-state index is 0.413. The predicted octanol–water partition coefficient (Wildman–Crippen LogP) is 4.89. The molecule has 0 bridgehead atoms. The molecule has 2 aromatic rings. The van der Waals surface area contributed by atoms with Crippen molar-refractivity contribution in [3.8, 4) is 0 Å². The van der Waals surface area contributed by atoms with Crippen LogP contribution in [-0.4, -0.2) is 4.98 Å². The molecule has 0 aromatic carbocycles. The Morgan fingerprint density at radius 1 is 1.44 bits per heavy atom. The SMILES string of the molecule is Clc1ccc(NC2CCCc3sc(I)cc32)cn1. The number of aryl methyl sites for hydroxylation is 1. The van der Waals surface area contributed by atoms with Crippen LogP contribution in [0.1, 0.15) is 29.3 Å². The Kier molecular flexibility index (Phi) is 3.77. The van der Waals surface area contributed by atoms with Gasteiger partial charge in [-0.15, -0.1) is 11.3 Å². The first-order valence-corrected chi connectivity index (χ1v) is 8.16. The van der Waals surface area contributed by atoms with Gasteiger partial charge in [-0.05, 0) is 65.6 Å². The first-order valence-electron chi connectivity index (χ1n) is 5.88. The molecule has 1 aliphatic rings. The van der Waals surface area contributed by atoms with Gasteiger partial charge >= 0.3 is 0 Å². The molecule has 2 nitrogen and oxygen atoms in total. The quantitative estimate of drug-likeness (QED) is 0.583. The summed E-state index contributed by atoms with van der Waals surface area (Å²) in [5, 5.41) is 4.10. The van der Waals surface area contributed by atoms with E-state index in [9.17, 15) is 0 Å². The van der Waals surface area contributed by atoms with Crippen molar-refractivity contribution in [2.45, 2.75) is 25.3 Å². The molecule has 18 heavy (non-hydrogen) atoms. The Labute approximate surface area is 129 Å². The molecule has 94 valence electrons. The number of halogens is 2. The zero-order valence-electron chi connectivity index (χ0n) is 9.62. The second kappa shape index (κ2) is 5.35. The lowest BCUT2D eigenvalue weighted by atomic mass is 9.94. The van der Waals surface area contributed by atoms with Gasteiger partial charge in [-0.3, -0.25) is 0 Å². The Balaban J connectivity index is 1.83. The maximum absolute atomic E-state index is 5.80. The van der Waals surface area contributed by atoms with Gasteiger partial charge in [0.2, 0.25) is 0 Å². The van der Waals surface area contributed by atoms with Crippen molar-refractivity contribution in [2.75, 3.05) is 5.32 Å². The molecule has 0 radical (unpaired) electrons. The highest BCUT2D eigenvalue weighted by Gasteiger charge is 2.22. The van der Waals surface area contributed by atoms with E-state index in [1.807, 2.05) is 23.5 Å². The van der Waals surface area contributed by atoms with Crippen LogP contribution in [-0.2, 0) is 6.42 Å². The van der Waals surface area contributed by atoms with Crippen LogP contribution in [0.5, 0.6) is 0 Å². The zero-order valence-corrected chi connectivity index (χ0v) is 13.3. The number of aromatic nitrogens is 1. The summed E-state index contributed by atoms with van der Waals surface area (Å²) in [4.78, 5) is 5.64. The summed E-state index contributed by atoms with van der Waals surface area (Å²) in [7, 11) is 0. The molecular weight excluding hydrogens is 379 g/mol. The average Bonchev–Trinajstić information content (AvgIpc) is 2.73. The van der Waals surface area contributed by atoms with E-state index < -0.39 is 0 Å². The van der Waals surface area contributed by atoms with Crippen LogP contribution in [0.3, 0.4) is 0 Å². The second-order valence-corrected chi connectivity index (χ2v) is 7.81. The van der Waals surface area contributed by atoms with E-state index in [0.29, 0.717) is 11.2 Å². The van der Waals surface area contributed by atoms with Crippen molar-refractivity contribution in [2.24, 2.45) is 0 Å². The molecule has 5 heteroatoms. The lowest BCUT2D eigenvalue weighted by molar-refractivity contribution is 0.608. The molecule has 3 rings (SSSR count). The molecule has 0 spiro atoms. The van der Waals surface area contributed by atoms with E-state index in [2.05, 4.69) is 39.0 Å². The third-order valence-electron chi connectivity index (χ3n) is 3.15. The number of thiophene rings is 1. The minimum atomic E-state index is 0.413. The maximum Gasteiger partial charge on any atom is 0.129 e.